The van der Waals surface area contributed by atoms with Crippen LogP contribution in [0.5, 0.6) is 0 Å². The monoisotopic (exact) mass is 369 g/mol. The summed E-state index contributed by atoms with van der Waals surface area (Å²) in [5.74, 6) is 0.166. The summed E-state index contributed by atoms with van der Waals surface area (Å²) in [5, 5.41) is 8.01. The van der Waals surface area contributed by atoms with Gasteiger partial charge in [0.2, 0.25) is 5.91 Å². The number of hydrogen-bond acceptors (Lipinski definition) is 3. The highest BCUT2D eigenvalue weighted by Crippen LogP contribution is 2.58. The number of benzene rings is 1. The van der Waals surface area contributed by atoms with Crippen LogP contribution in [0, 0.1) is 18.3 Å². The summed E-state index contributed by atoms with van der Waals surface area (Å²) in [7, 11) is 0. The number of anilines is 1. The summed E-state index contributed by atoms with van der Waals surface area (Å²) in [5.41, 5.74) is 1.96. The molecule has 0 bridgehead atoms. The van der Waals surface area contributed by atoms with Gasteiger partial charge in [-0.05, 0) is 43.3 Å². The van der Waals surface area contributed by atoms with Crippen molar-refractivity contribution in [1.82, 2.24) is 10.2 Å². The molecule has 1 spiro atoms. The normalized spacial score (nSPS) is 23.9. The molecule has 2 fully saturated rings. The Balaban J connectivity index is 1.29. The predicted octanol–water partition coefficient (Wildman–Crippen LogP) is 3.62. The van der Waals surface area contributed by atoms with Crippen LogP contribution in [0.1, 0.15) is 23.3 Å². The zero-order valence-corrected chi connectivity index (χ0v) is 15.6. The lowest BCUT2D eigenvalue weighted by atomic mass is 10.0. The Bertz CT molecular complexity index is 803. The maximum absolute atomic E-state index is 12.5. The molecule has 2 atom stereocenters. The van der Waals surface area contributed by atoms with Gasteiger partial charge < -0.3 is 15.5 Å². The van der Waals surface area contributed by atoms with Crippen LogP contribution < -0.4 is 10.6 Å². The van der Waals surface area contributed by atoms with Crippen molar-refractivity contribution in [2.24, 2.45) is 11.3 Å². The van der Waals surface area contributed by atoms with Gasteiger partial charge in [-0.15, -0.1) is 11.3 Å². The molecule has 1 aromatic heterocycles. The second-order valence-electron chi connectivity index (χ2n) is 7.38. The Hall–Kier alpha value is -2.34. The summed E-state index contributed by atoms with van der Waals surface area (Å²) in [4.78, 5) is 27.9. The number of likely N-dealkylation sites (tertiary alicyclic amines) is 1. The number of thiophene rings is 1. The molecule has 2 aromatic rings. The first-order valence-corrected chi connectivity index (χ1v) is 9.86. The van der Waals surface area contributed by atoms with Crippen molar-refractivity contribution in [1.29, 1.82) is 0 Å². The molecule has 2 aliphatic rings. The van der Waals surface area contributed by atoms with E-state index in [0.717, 1.165) is 24.1 Å². The maximum atomic E-state index is 12.5. The van der Waals surface area contributed by atoms with Gasteiger partial charge in [0.05, 0.1) is 6.54 Å². The van der Waals surface area contributed by atoms with E-state index in [1.807, 2.05) is 53.6 Å². The van der Waals surface area contributed by atoms with Gasteiger partial charge in [-0.1, -0.05) is 23.8 Å². The average molecular weight is 369 g/mol. The summed E-state index contributed by atoms with van der Waals surface area (Å²) in [6.07, 6.45) is 1.79. The zero-order valence-electron chi connectivity index (χ0n) is 14.8. The summed E-state index contributed by atoms with van der Waals surface area (Å²) < 4.78 is 0. The molecule has 1 saturated carbocycles. The topological polar surface area (TPSA) is 61.4 Å². The van der Waals surface area contributed by atoms with Crippen molar-refractivity contribution in [3.8, 4) is 0 Å². The third kappa shape index (κ3) is 3.46. The Morgan fingerprint density at radius 1 is 1.27 bits per heavy atom. The fourth-order valence-corrected chi connectivity index (χ4v) is 4.43. The molecule has 3 amide bonds. The number of amides is 3. The van der Waals surface area contributed by atoms with E-state index in [-0.39, 0.29) is 23.3 Å². The first-order chi connectivity index (χ1) is 12.6. The first kappa shape index (κ1) is 17.1. The maximum Gasteiger partial charge on any atom is 0.321 e. The van der Waals surface area contributed by atoms with Crippen molar-refractivity contribution in [2.75, 3.05) is 18.4 Å². The standard InChI is InChI=1S/C20H23N3O2S/c1-14-4-6-15(7-5-14)22-19(25)23-9-8-20(13-23)11-17(20)18(24)21-12-16-3-2-10-26-16/h2-7,10,17H,8-9,11-13H2,1H3,(H,21,24)(H,22,25)/t17-,20-/m0/s1. The van der Waals surface area contributed by atoms with Crippen LogP contribution in [0.2, 0.25) is 0 Å². The number of urea groups is 1. The number of rotatable bonds is 4. The second kappa shape index (κ2) is 6.76. The molecular weight excluding hydrogens is 346 g/mol. The van der Waals surface area contributed by atoms with Crippen molar-refractivity contribution >= 4 is 29.0 Å². The van der Waals surface area contributed by atoms with Crippen LogP contribution in [0.4, 0.5) is 10.5 Å². The van der Waals surface area contributed by atoms with E-state index >= 15 is 0 Å². The molecule has 1 aliphatic carbocycles. The van der Waals surface area contributed by atoms with Gasteiger partial charge in [-0.25, -0.2) is 4.79 Å². The van der Waals surface area contributed by atoms with E-state index in [9.17, 15) is 9.59 Å². The lowest BCUT2D eigenvalue weighted by molar-refractivity contribution is -0.123. The van der Waals surface area contributed by atoms with Crippen LogP contribution in [-0.4, -0.2) is 29.9 Å². The second-order valence-corrected chi connectivity index (χ2v) is 8.42. The number of aryl methyl sites for hydroxylation is 1. The predicted molar refractivity (Wildman–Crippen MR) is 103 cm³/mol. The van der Waals surface area contributed by atoms with Gasteiger partial charge in [-0.2, -0.15) is 0 Å². The number of nitrogens with zero attached hydrogens (tertiary/aromatic N) is 1. The van der Waals surface area contributed by atoms with Gasteiger partial charge in [-0.3, -0.25) is 4.79 Å². The minimum Gasteiger partial charge on any atom is -0.351 e. The lowest BCUT2D eigenvalue weighted by Crippen LogP contribution is -2.34. The SMILES string of the molecule is Cc1ccc(NC(=O)N2CC[C@]3(C[C@H]3C(=O)NCc3cccs3)C2)cc1. The minimum absolute atomic E-state index is 0.00977. The summed E-state index contributed by atoms with van der Waals surface area (Å²) in [6.45, 7) is 4.00. The molecule has 5 nitrogen and oxygen atoms in total. The molecule has 6 heteroatoms. The van der Waals surface area contributed by atoms with Gasteiger partial charge >= 0.3 is 6.03 Å². The highest BCUT2D eigenvalue weighted by molar-refractivity contribution is 7.09. The summed E-state index contributed by atoms with van der Waals surface area (Å²) >= 11 is 1.65. The average Bonchev–Trinajstić information content (AvgIpc) is 2.99. The molecule has 1 aliphatic heterocycles. The highest BCUT2D eigenvalue weighted by Gasteiger charge is 2.61. The van der Waals surface area contributed by atoms with E-state index in [1.54, 1.807) is 11.3 Å². The number of hydrogen-bond donors (Lipinski definition) is 2. The van der Waals surface area contributed by atoms with Crippen molar-refractivity contribution < 1.29 is 9.59 Å². The molecule has 2 N–H and O–H groups in total. The van der Waals surface area contributed by atoms with Crippen LogP contribution in [0.15, 0.2) is 41.8 Å². The van der Waals surface area contributed by atoms with Gasteiger partial charge in [0, 0.05) is 35.0 Å². The molecule has 0 radical (unpaired) electrons. The largest absolute Gasteiger partial charge is 0.351 e. The molecule has 136 valence electrons. The highest BCUT2D eigenvalue weighted by atomic mass is 32.1. The number of carbonyl (C=O) groups is 2. The van der Waals surface area contributed by atoms with Crippen molar-refractivity contribution in [3.05, 3.63) is 52.2 Å². The van der Waals surface area contributed by atoms with E-state index in [1.165, 1.54) is 4.88 Å². The minimum atomic E-state index is -0.0737. The Morgan fingerprint density at radius 3 is 2.81 bits per heavy atom. The Labute approximate surface area is 157 Å². The van der Waals surface area contributed by atoms with E-state index < -0.39 is 0 Å². The molecule has 2 heterocycles. The zero-order chi connectivity index (χ0) is 18.1. The Kier molecular flexibility index (Phi) is 4.44. The third-order valence-corrected chi connectivity index (χ3v) is 6.37. The van der Waals surface area contributed by atoms with Gasteiger partial charge in [0.25, 0.3) is 0 Å². The quantitative estimate of drug-likeness (QED) is 0.865. The van der Waals surface area contributed by atoms with Crippen LogP contribution in [-0.2, 0) is 11.3 Å². The van der Waals surface area contributed by atoms with Crippen LogP contribution >= 0.6 is 11.3 Å². The first-order valence-electron chi connectivity index (χ1n) is 8.98. The van der Waals surface area contributed by atoms with Crippen LogP contribution in [0.25, 0.3) is 0 Å². The fraction of sp³-hybridized carbons (Fsp3) is 0.400. The fourth-order valence-electron chi connectivity index (χ4n) is 3.79. The summed E-state index contributed by atoms with van der Waals surface area (Å²) in [6, 6.07) is 11.7. The van der Waals surface area contributed by atoms with Gasteiger partial charge in [0.1, 0.15) is 0 Å². The molecule has 1 saturated heterocycles. The molecule has 4 rings (SSSR count). The van der Waals surface area contributed by atoms with E-state index in [0.29, 0.717) is 19.6 Å². The van der Waals surface area contributed by atoms with Crippen molar-refractivity contribution in [2.45, 2.75) is 26.3 Å². The smallest absolute Gasteiger partial charge is 0.321 e. The molecule has 26 heavy (non-hydrogen) atoms. The Morgan fingerprint density at radius 2 is 2.08 bits per heavy atom. The molecule has 0 unspecified atom stereocenters. The van der Waals surface area contributed by atoms with E-state index in [4.69, 9.17) is 0 Å². The number of carbonyl (C=O) groups excluding carboxylic acids is 2. The molecule has 1 aromatic carbocycles. The third-order valence-electron chi connectivity index (χ3n) is 5.50. The number of nitrogens with one attached hydrogen (secondary N) is 2. The van der Waals surface area contributed by atoms with Crippen LogP contribution in [0.3, 0.4) is 0 Å². The lowest BCUT2D eigenvalue weighted by Gasteiger charge is -2.17. The molecular formula is C20H23N3O2S. The van der Waals surface area contributed by atoms with Crippen molar-refractivity contribution in [3.63, 3.8) is 0 Å². The van der Waals surface area contributed by atoms with E-state index in [2.05, 4.69) is 10.6 Å². The van der Waals surface area contributed by atoms with Gasteiger partial charge in [0.15, 0.2) is 0 Å².